The molecule has 1 aliphatic heterocycles. The van der Waals surface area contributed by atoms with Gasteiger partial charge in [-0.15, -0.1) is 0 Å². The van der Waals surface area contributed by atoms with E-state index in [4.69, 9.17) is 5.11 Å². The number of nitrogens with zero attached hydrogens (tertiary/aromatic N) is 1. The fourth-order valence-electron chi connectivity index (χ4n) is 2.42. The minimum atomic E-state index is -0.756. The first-order chi connectivity index (χ1) is 8.56. The molecule has 0 spiro atoms. The van der Waals surface area contributed by atoms with E-state index in [0.29, 0.717) is 0 Å². The number of hydrogen-bond acceptors (Lipinski definition) is 3. The molecule has 1 aromatic rings. The van der Waals surface area contributed by atoms with Crippen molar-refractivity contribution in [2.24, 2.45) is 0 Å². The Bertz CT molecular complexity index is 439. The fraction of sp³-hybridized carbons (Fsp3) is 0.462. The van der Waals surface area contributed by atoms with Gasteiger partial charge in [-0.1, -0.05) is 12.1 Å². The summed E-state index contributed by atoms with van der Waals surface area (Å²) in [5.74, 6) is -0.756. The molecule has 0 bridgehead atoms. The van der Waals surface area contributed by atoms with Crippen LogP contribution in [0.4, 0.5) is 5.69 Å². The molecule has 0 aromatic heterocycles. The third-order valence-corrected chi connectivity index (χ3v) is 3.74. The second-order valence-corrected chi connectivity index (χ2v) is 5.57. The number of benzene rings is 1. The molecule has 1 heterocycles. The number of carboxylic acid groups (broad SMARTS) is 1. The number of aliphatic carboxylic acids is 1. The number of piperazine rings is 1. The summed E-state index contributed by atoms with van der Waals surface area (Å²) in [6, 6.07) is 8.33. The van der Waals surface area contributed by atoms with E-state index in [0.717, 1.165) is 23.2 Å². The Hall–Kier alpha value is -1.07. The van der Waals surface area contributed by atoms with Gasteiger partial charge in [-0.3, -0.25) is 4.79 Å². The highest BCUT2D eigenvalue weighted by atomic mass is 79.9. The standard InChI is InChI=1S/C13H17BrN2O2/c1-9-7-16(8-10(15-9)6-13(17)18)12-5-3-2-4-11(12)14/h2-5,9-10,15H,6-8H2,1H3,(H,17,18). The van der Waals surface area contributed by atoms with Crippen LogP contribution in [0.1, 0.15) is 13.3 Å². The van der Waals surface area contributed by atoms with Crippen molar-refractivity contribution < 1.29 is 9.90 Å². The Labute approximate surface area is 115 Å². The minimum Gasteiger partial charge on any atom is -0.481 e. The van der Waals surface area contributed by atoms with Crippen LogP contribution in [-0.4, -0.2) is 36.2 Å². The summed E-state index contributed by atoms with van der Waals surface area (Å²) >= 11 is 3.54. The molecule has 2 rings (SSSR count). The maximum absolute atomic E-state index is 10.8. The van der Waals surface area contributed by atoms with E-state index < -0.39 is 5.97 Å². The van der Waals surface area contributed by atoms with Crippen molar-refractivity contribution in [3.05, 3.63) is 28.7 Å². The van der Waals surface area contributed by atoms with Crippen molar-refractivity contribution in [2.45, 2.75) is 25.4 Å². The van der Waals surface area contributed by atoms with Gasteiger partial charge in [0.25, 0.3) is 0 Å². The molecule has 5 heteroatoms. The Balaban J connectivity index is 2.13. The van der Waals surface area contributed by atoms with Crippen molar-refractivity contribution in [1.82, 2.24) is 5.32 Å². The highest BCUT2D eigenvalue weighted by Crippen LogP contribution is 2.27. The van der Waals surface area contributed by atoms with E-state index in [2.05, 4.69) is 39.1 Å². The molecule has 2 atom stereocenters. The van der Waals surface area contributed by atoms with Gasteiger partial charge in [0.15, 0.2) is 0 Å². The van der Waals surface area contributed by atoms with Crippen LogP contribution in [0.15, 0.2) is 28.7 Å². The largest absolute Gasteiger partial charge is 0.481 e. The van der Waals surface area contributed by atoms with Gasteiger partial charge in [-0.05, 0) is 35.0 Å². The average Bonchev–Trinajstić information content (AvgIpc) is 2.27. The van der Waals surface area contributed by atoms with Crippen LogP contribution in [0, 0.1) is 0 Å². The number of anilines is 1. The summed E-state index contributed by atoms with van der Waals surface area (Å²) in [7, 11) is 0. The first kappa shape index (κ1) is 13.4. The van der Waals surface area contributed by atoms with Crippen LogP contribution < -0.4 is 10.2 Å². The van der Waals surface area contributed by atoms with Gasteiger partial charge >= 0.3 is 5.97 Å². The molecule has 0 aliphatic carbocycles. The van der Waals surface area contributed by atoms with Crippen molar-refractivity contribution >= 4 is 27.6 Å². The summed E-state index contributed by atoms with van der Waals surface area (Å²) in [5, 5.41) is 12.2. The predicted octanol–water partition coefficient (Wildman–Crippen LogP) is 2.09. The van der Waals surface area contributed by atoms with Gasteiger partial charge in [-0.25, -0.2) is 0 Å². The van der Waals surface area contributed by atoms with Crippen LogP contribution in [0.3, 0.4) is 0 Å². The van der Waals surface area contributed by atoms with E-state index in [1.165, 1.54) is 0 Å². The van der Waals surface area contributed by atoms with Crippen LogP contribution in [0.25, 0.3) is 0 Å². The van der Waals surface area contributed by atoms with Crippen molar-refractivity contribution in [2.75, 3.05) is 18.0 Å². The lowest BCUT2D eigenvalue weighted by Gasteiger charge is -2.39. The summed E-state index contributed by atoms with van der Waals surface area (Å²) < 4.78 is 1.05. The molecule has 4 nitrogen and oxygen atoms in total. The molecule has 1 aromatic carbocycles. The third kappa shape index (κ3) is 3.23. The van der Waals surface area contributed by atoms with Crippen molar-refractivity contribution in [1.29, 1.82) is 0 Å². The highest BCUT2D eigenvalue weighted by Gasteiger charge is 2.26. The number of hydrogen-bond donors (Lipinski definition) is 2. The van der Waals surface area contributed by atoms with Gasteiger partial charge in [0.05, 0.1) is 12.1 Å². The van der Waals surface area contributed by atoms with E-state index in [-0.39, 0.29) is 18.5 Å². The molecule has 1 aliphatic rings. The van der Waals surface area contributed by atoms with Crippen molar-refractivity contribution in [3.8, 4) is 0 Å². The molecule has 2 N–H and O–H groups in total. The van der Waals surface area contributed by atoms with Crippen LogP contribution in [0.2, 0.25) is 0 Å². The maximum Gasteiger partial charge on any atom is 0.304 e. The number of para-hydroxylation sites is 1. The second kappa shape index (κ2) is 5.71. The molecule has 0 amide bonds. The average molecular weight is 313 g/mol. The van der Waals surface area contributed by atoms with Crippen molar-refractivity contribution in [3.63, 3.8) is 0 Å². The first-order valence-corrected chi connectivity index (χ1v) is 6.83. The topological polar surface area (TPSA) is 52.6 Å². The zero-order valence-corrected chi connectivity index (χ0v) is 11.9. The van der Waals surface area contributed by atoms with E-state index >= 15 is 0 Å². The molecule has 2 unspecified atom stereocenters. The number of nitrogens with one attached hydrogen (secondary N) is 1. The number of carboxylic acids is 1. The number of rotatable bonds is 3. The van der Waals surface area contributed by atoms with Gasteiger partial charge in [0.1, 0.15) is 0 Å². The Morgan fingerprint density at radius 3 is 2.89 bits per heavy atom. The minimum absolute atomic E-state index is 0.00152. The molecule has 0 radical (unpaired) electrons. The SMILES string of the molecule is CC1CN(c2ccccc2Br)CC(CC(=O)O)N1. The van der Waals surface area contributed by atoms with Crippen LogP contribution in [-0.2, 0) is 4.79 Å². The van der Waals surface area contributed by atoms with Crippen LogP contribution in [0.5, 0.6) is 0 Å². The smallest absolute Gasteiger partial charge is 0.304 e. The van der Waals surface area contributed by atoms with Gasteiger partial charge in [-0.2, -0.15) is 0 Å². The Morgan fingerprint density at radius 2 is 2.22 bits per heavy atom. The summed E-state index contributed by atoms with van der Waals surface area (Å²) in [5.41, 5.74) is 1.13. The first-order valence-electron chi connectivity index (χ1n) is 6.03. The van der Waals surface area contributed by atoms with E-state index in [9.17, 15) is 4.79 Å². The molecular formula is C13H17BrN2O2. The monoisotopic (exact) mass is 312 g/mol. The lowest BCUT2D eigenvalue weighted by Crippen LogP contribution is -2.56. The Morgan fingerprint density at radius 1 is 1.50 bits per heavy atom. The molecule has 98 valence electrons. The number of halogens is 1. The molecular weight excluding hydrogens is 296 g/mol. The summed E-state index contributed by atoms with van der Waals surface area (Å²) in [6.07, 6.45) is 0.158. The van der Waals surface area contributed by atoms with E-state index in [1.54, 1.807) is 0 Å². The van der Waals surface area contributed by atoms with Gasteiger partial charge in [0.2, 0.25) is 0 Å². The zero-order valence-electron chi connectivity index (χ0n) is 10.3. The molecule has 1 fully saturated rings. The predicted molar refractivity (Wildman–Crippen MR) is 75.0 cm³/mol. The van der Waals surface area contributed by atoms with Crippen LogP contribution >= 0.6 is 15.9 Å². The second-order valence-electron chi connectivity index (χ2n) is 4.72. The maximum atomic E-state index is 10.8. The lowest BCUT2D eigenvalue weighted by molar-refractivity contribution is -0.137. The van der Waals surface area contributed by atoms with E-state index in [1.807, 2.05) is 18.2 Å². The Kier molecular flexibility index (Phi) is 4.24. The molecule has 0 saturated carbocycles. The fourth-order valence-corrected chi connectivity index (χ4v) is 2.95. The third-order valence-electron chi connectivity index (χ3n) is 3.07. The molecule has 18 heavy (non-hydrogen) atoms. The summed E-state index contributed by atoms with van der Waals surface area (Å²) in [6.45, 7) is 3.69. The summed E-state index contributed by atoms with van der Waals surface area (Å²) in [4.78, 5) is 13.1. The lowest BCUT2D eigenvalue weighted by atomic mass is 10.1. The van der Waals surface area contributed by atoms with Gasteiger partial charge in [0, 0.05) is 29.6 Å². The van der Waals surface area contributed by atoms with Gasteiger partial charge < -0.3 is 15.3 Å². The quantitative estimate of drug-likeness (QED) is 0.897. The molecule has 1 saturated heterocycles. The normalized spacial score (nSPS) is 24.0. The highest BCUT2D eigenvalue weighted by molar-refractivity contribution is 9.10. The zero-order chi connectivity index (χ0) is 13.1. The number of carbonyl (C=O) groups is 1.